The highest BCUT2D eigenvalue weighted by atomic mass is 16.5. The topological polar surface area (TPSA) is 62.8 Å². The molecule has 178 valence electrons. The van der Waals surface area contributed by atoms with Gasteiger partial charge in [-0.2, -0.15) is 0 Å². The molecule has 0 aliphatic carbocycles. The third kappa shape index (κ3) is 6.56. The first-order chi connectivity index (χ1) is 16.1. The van der Waals surface area contributed by atoms with E-state index in [9.17, 15) is 4.79 Å². The van der Waals surface area contributed by atoms with E-state index in [-0.39, 0.29) is 17.7 Å². The van der Waals surface area contributed by atoms with Gasteiger partial charge in [0.05, 0.1) is 13.0 Å². The van der Waals surface area contributed by atoms with Crippen LogP contribution in [0.4, 0.5) is 0 Å². The van der Waals surface area contributed by atoms with Crippen LogP contribution >= 0.6 is 0 Å². The smallest absolute Gasteiger partial charge is 0.225 e. The number of ether oxygens (including phenoxy) is 2. The molecule has 6 heteroatoms. The van der Waals surface area contributed by atoms with E-state index in [4.69, 9.17) is 9.47 Å². The normalized spacial score (nSPS) is 21.8. The number of hydrogen-bond acceptors (Lipinski definition) is 5. The number of rotatable bonds is 9. The van der Waals surface area contributed by atoms with Gasteiger partial charge in [0, 0.05) is 51.4 Å². The summed E-state index contributed by atoms with van der Waals surface area (Å²) in [6.07, 6.45) is 2.97. The van der Waals surface area contributed by atoms with Crippen LogP contribution in [0.5, 0.6) is 5.75 Å². The Morgan fingerprint density at radius 2 is 1.88 bits per heavy atom. The molecule has 2 atom stereocenters. The van der Waals surface area contributed by atoms with E-state index in [0.717, 1.165) is 57.9 Å². The summed E-state index contributed by atoms with van der Waals surface area (Å²) in [6, 6.07) is 17.3. The number of carbonyl (C=O) groups is 1. The summed E-state index contributed by atoms with van der Waals surface area (Å²) in [5.41, 5.74) is 3.74. The number of benzene rings is 2. The first-order valence-electron chi connectivity index (χ1n) is 12.1. The van der Waals surface area contributed by atoms with Gasteiger partial charge in [-0.25, -0.2) is 0 Å². The van der Waals surface area contributed by atoms with E-state index < -0.39 is 0 Å². The van der Waals surface area contributed by atoms with Crippen molar-refractivity contribution in [1.82, 2.24) is 15.5 Å². The van der Waals surface area contributed by atoms with Gasteiger partial charge in [-0.1, -0.05) is 36.4 Å². The van der Waals surface area contributed by atoms with Crippen LogP contribution in [-0.2, 0) is 22.5 Å². The quantitative estimate of drug-likeness (QED) is 0.614. The predicted molar refractivity (Wildman–Crippen MR) is 131 cm³/mol. The van der Waals surface area contributed by atoms with Crippen LogP contribution in [0.15, 0.2) is 48.5 Å². The van der Waals surface area contributed by atoms with E-state index >= 15 is 0 Å². The Morgan fingerprint density at radius 3 is 2.64 bits per heavy atom. The molecule has 1 amide bonds. The molecule has 2 N–H and O–H groups in total. The van der Waals surface area contributed by atoms with E-state index in [2.05, 4.69) is 59.0 Å². The molecule has 2 fully saturated rings. The molecule has 2 aromatic rings. The van der Waals surface area contributed by atoms with Gasteiger partial charge in [-0.15, -0.1) is 0 Å². The van der Waals surface area contributed by atoms with E-state index in [0.29, 0.717) is 12.6 Å². The van der Waals surface area contributed by atoms with Gasteiger partial charge in [0.2, 0.25) is 5.91 Å². The van der Waals surface area contributed by atoms with Crippen molar-refractivity contribution < 1.29 is 14.3 Å². The summed E-state index contributed by atoms with van der Waals surface area (Å²) < 4.78 is 10.7. The third-order valence-electron chi connectivity index (χ3n) is 6.91. The molecular formula is C27H37N3O3. The number of methoxy groups -OCH3 is 1. The minimum absolute atomic E-state index is 0.0235. The number of likely N-dealkylation sites (tertiary alicyclic amines) is 1. The van der Waals surface area contributed by atoms with Gasteiger partial charge in [-0.05, 0) is 55.1 Å². The maximum atomic E-state index is 13.1. The summed E-state index contributed by atoms with van der Waals surface area (Å²) >= 11 is 0. The predicted octanol–water partition coefficient (Wildman–Crippen LogP) is 2.97. The van der Waals surface area contributed by atoms with Crippen molar-refractivity contribution in [3.63, 3.8) is 0 Å². The average molecular weight is 452 g/mol. The molecule has 4 rings (SSSR count). The van der Waals surface area contributed by atoms with E-state index in [1.807, 2.05) is 12.1 Å². The van der Waals surface area contributed by atoms with Gasteiger partial charge in [-0.3, -0.25) is 4.79 Å². The Hall–Kier alpha value is -2.41. The number of nitrogens with zero attached hydrogens (tertiary/aromatic N) is 1. The van der Waals surface area contributed by atoms with Crippen molar-refractivity contribution in [2.45, 2.75) is 37.8 Å². The summed E-state index contributed by atoms with van der Waals surface area (Å²) in [4.78, 5) is 15.4. The fourth-order valence-corrected chi connectivity index (χ4v) is 4.95. The molecule has 33 heavy (non-hydrogen) atoms. The first kappa shape index (κ1) is 23.7. The van der Waals surface area contributed by atoms with E-state index in [1.165, 1.54) is 16.7 Å². The number of carbonyl (C=O) groups excluding carboxylic acids is 1. The van der Waals surface area contributed by atoms with Crippen molar-refractivity contribution in [2.75, 3.05) is 47.0 Å². The van der Waals surface area contributed by atoms with Crippen LogP contribution in [0.1, 0.15) is 35.4 Å². The number of nitrogens with one attached hydrogen (secondary N) is 2. The summed E-state index contributed by atoms with van der Waals surface area (Å²) in [5.74, 6) is 1.21. The molecule has 2 saturated heterocycles. The molecule has 2 aromatic carbocycles. The SMILES string of the molecule is COc1ccc(CCNC(=O)[C@@H]2CN(C)C[C@@H]2c2cccc(CNC3CCOCC3)c2)cc1. The maximum Gasteiger partial charge on any atom is 0.225 e. The minimum Gasteiger partial charge on any atom is -0.497 e. The first-order valence-corrected chi connectivity index (χ1v) is 12.1. The molecule has 0 radical (unpaired) electrons. The molecule has 2 aliphatic heterocycles. The highest BCUT2D eigenvalue weighted by Gasteiger charge is 2.36. The lowest BCUT2D eigenvalue weighted by atomic mass is 9.87. The van der Waals surface area contributed by atoms with Crippen molar-refractivity contribution >= 4 is 5.91 Å². The monoisotopic (exact) mass is 451 g/mol. The molecule has 0 spiro atoms. The molecule has 0 unspecified atom stereocenters. The fourth-order valence-electron chi connectivity index (χ4n) is 4.95. The molecular weight excluding hydrogens is 414 g/mol. The van der Waals surface area contributed by atoms with Crippen molar-refractivity contribution in [3.8, 4) is 5.75 Å². The number of amides is 1. The largest absolute Gasteiger partial charge is 0.497 e. The van der Waals surface area contributed by atoms with Gasteiger partial charge >= 0.3 is 0 Å². The Labute approximate surface area is 197 Å². The lowest BCUT2D eigenvalue weighted by Crippen LogP contribution is -2.35. The second-order valence-electron chi connectivity index (χ2n) is 9.34. The summed E-state index contributed by atoms with van der Waals surface area (Å²) in [6.45, 7) is 4.91. The second-order valence-corrected chi connectivity index (χ2v) is 9.34. The van der Waals surface area contributed by atoms with Crippen molar-refractivity contribution in [2.24, 2.45) is 5.92 Å². The molecule has 0 saturated carbocycles. The Morgan fingerprint density at radius 1 is 1.09 bits per heavy atom. The van der Waals surface area contributed by atoms with Gasteiger partial charge < -0.3 is 25.0 Å². The Kier molecular flexibility index (Phi) is 8.37. The average Bonchev–Trinajstić information content (AvgIpc) is 3.26. The van der Waals surface area contributed by atoms with Gasteiger partial charge in [0.25, 0.3) is 0 Å². The zero-order chi connectivity index (χ0) is 23.0. The maximum absolute atomic E-state index is 13.1. The standard InChI is InChI=1S/C27H37N3O3/c1-30-18-25(22-5-3-4-21(16-22)17-29-23-11-14-33-15-12-23)26(19-30)27(31)28-13-10-20-6-8-24(32-2)9-7-20/h3-9,16,23,25-26,29H,10-15,17-19H2,1-2H3,(H,28,31)/t25-,26-/m1/s1. The fraction of sp³-hybridized carbons (Fsp3) is 0.519. The Balaban J connectivity index is 1.32. The van der Waals surface area contributed by atoms with Crippen LogP contribution in [0.2, 0.25) is 0 Å². The van der Waals surface area contributed by atoms with Crippen LogP contribution in [0.3, 0.4) is 0 Å². The van der Waals surface area contributed by atoms with E-state index in [1.54, 1.807) is 7.11 Å². The highest BCUT2D eigenvalue weighted by molar-refractivity contribution is 5.80. The lowest BCUT2D eigenvalue weighted by Gasteiger charge is -2.24. The highest BCUT2D eigenvalue weighted by Crippen LogP contribution is 2.32. The van der Waals surface area contributed by atoms with Gasteiger partial charge in [0.1, 0.15) is 5.75 Å². The summed E-state index contributed by atoms with van der Waals surface area (Å²) in [7, 11) is 3.77. The zero-order valence-corrected chi connectivity index (χ0v) is 19.9. The minimum atomic E-state index is -0.0235. The van der Waals surface area contributed by atoms with Crippen LogP contribution in [0.25, 0.3) is 0 Å². The second kappa shape index (κ2) is 11.6. The van der Waals surface area contributed by atoms with Crippen molar-refractivity contribution in [1.29, 1.82) is 0 Å². The molecule has 2 aliphatic rings. The zero-order valence-electron chi connectivity index (χ0n) is 19.9. The third-order valence-corrected chi connectivity index (χ3v) is 6.91. The molecule has 6 nitrogen and oxygen atoms in total. The lowest BCUT2D eigenvalue weighted by molar-refractivity contribution is -0.124. The number of hydrogen-bond donors (Lipinski definition) is 2. The molecule has 0 bridgehead atoms. The Bertz CT molecular complexity index is 896. The van der Waals surface area contributed by atoms with Gasteiger partial charge in [0.15, 0.2) is 0 Å². The van der Waals surface area contributed by atoms with Crippen LogP contribution in [0, 0.1) is 5.92 Å². The molecule has 2 heterocycles. The van der Waals surface area contributed by atoms with Crippen LogP contribution in [-0.4, -0.2) is 63.9 Å². The van der Waals surface area contributed by atoms with Crippen LogP contribution < -0.4 is 15.4 Å². The number of likely N-dealkylation sites (N-methyl/N-ethyl adjacent to an activating group) is 1. The molecule has 0 aromatic heterocycles. The van der Waals surface area contributed by atoms with Crippen molar-refractivity contribution in [3.05, 3.63) is 65.2 Å². The summed E-state index contributed by atoms with van der Waals surface area (Å²) in [5, 5.41) is 6.86.